The van der Waals surface area contributed by atoms with Gasteiger partial charge in [0.25, 0.3) is 0 Å². The first-order valence-electron chi connectivity index (χ1n) is 9.93. The average Bonchev–Trinajstić information content (AvgIpc) is 3.14. The molecule has 7 heteroatoms. The lowest BCUT2D eigenvalue weighted by molar-refractivity contribution is 0.590. The monoisotopic (exact) mass is 498 g/mol. The van der Waals surface area contributed by atoms with E-state index < -0.39 is 0 Å². The molecule has 2 N–H and O–H groups in total. The van der Waals surface area contributed by atoms with E-state index in [9.17, 15) is 0 Å². The lowest BCUT2D eigenvalue weighted by Gasteiger charge is -2.19. The van der Waals surface area contributed by atoms with Crippen molar-refractivity contribution < 1.29 is 0 Å². The molecule has 0 bridgehead atoms. The lowest BCUT2D eigenvalue weighted by Crippen LogP contribution is -2.38. The van der Waals surface area contributed by atoms with E-state index in [0.717, 1.165) is 51.4 Å². The zero-order valence-corrected chi connectivity index (χ0v) is 19.9. The van der Waals surface area contributed by atoms with Gasteiger partial charge in [0, 0.05) is 26.2 Å². The van der Waals surface area contributed by atoms with Crippen LogP contribution in [0.4, 0.5) is 0 Å². The molecule has 0 amide bonds. The average molecular weight is 498 g/mol. The van der Waals surface area contributed by atoms with E-state index in [1.807, 2.05) is 4.57 Å². The fourth-order valence-corrected chi connectivity index (χ4v) is 2.77. The van der Waals surface area contributed by atoms with Crippen LogP contribution in [-0.2, 0) is 18.4 Å². The van der Waals surface area contributed by atoms with Gasteiger partial charge in [-0.2, -0.15) is 0 Å². The molecular weight excluding hydrogens is 463 g/mol. The number of benzene rings is 1. The Morgan fingerprint density at radius 2 is 1.71 bits per heavy atom. The molecule has 0 aliphatic heterocycles. The maximum Gasteiger partial charge on any atom is 0.191 e. The number of nitrogens with one attached hydrogen (secondary N) is 2. The van der Waals surface area contributed by atoms with Gasteiger partial charge >= 0.3 is 0 Å². The molecule has 1 heterocycles. The molecule has 0 saturated carbocycles. The Morgan fingerprint density at radius 3 is 2.32 bits per heavy atom. The summed E-state index contributed by atoms with van der Waals surface area (Å²) in [6.07, 6.45) is 6.61. The summed E-state index contributed by atoms with van der Waals surface area (Å²) in [6, 6.07) is 8.95. The third kappa shape index (κ3) is 9.03. The minimum Gasteiger partial charge on any atom is -0.357 e. The van der Waals surface area contributed by atoms with Gasteiger partial charge in [0.15, 0.2) is 5.96 Å². The van der Waals surface area contributed by atoms with Crippen molar-refractivity contribution in [3.63, 3.8) is 0 Å². The van der Waals surface area contributed by atoms with Crippen LogP contribution in [0.2, 0.25) is 0 Å². The second kappa shape index (κ2) is 12.7. The maximum absolute atomic E-state index is 4.66. The minimum atomic E-state index is 0. The molecule has 0 spiro atoms. The van der Waals surface area contributed by atoms with E-state index in [4.69, 9.17) is 0 Å². The van der Waals surface area contributed by atoms with Crippen LogP contribution in [0.5, 0.6) is 0 Å². The number of aromatic nitrogens is 3. The summed E-state index contributed by atoms with van der Waals surface area (Å²) in [5.41, 5.74) is 2.93. The van der Waals surface area contributed by atoms with E-state index in [0.29, 0.717) is 0 Å². The first-order valence-corrected chi connectivity index (χ1v) is 9.93. The summed E-state index contributed by atoms with van der Waals surface area (Å²) < 4.78 is 2.00. The number of guanidine groups is 1. The number of hydrogen-bond donors (Lipinski definition) is 2. The van der Waals surface area contributed by atoms with Gasteiger partial charge < -0.3 is 15.2 Å². The van der Waals surface area contributed by atoms with Crippen LogP contribution in [-0.4, -0.2) is 40.4 Å². The third-order valence-electron chi connectivity index (χ3n) is 4.43. The summed E-state index contributed by atoms with van der Waals surface area (Å²) in [6.45, 7) is 12.3. The Labute approximate surface area is 186 Å². The zero-order valence-electron chi connectivity index (χ0n) is 17.6. The number of aryl methyl sites for hydroxylation is 1. The summed E-state index contributed by atoms with van der Waals surface area (Å²) in [5.74, 6) is 0.896. The molecule has 1 aromatic carbocycles. The molecule has 0 saturated heterocycles. The van der Waals surface area contributed by atoms with E-state index in [2.05, 4.69) is 77.8 Å². The number of rotatable bonds is 9. The van der Waals surface area contributed by atoms with Gasteiger partial charge in [-0.1, -0.05) is 45.0 Å². The Hall–Kier alpha value is -1.64. The summed E-state index contributed by atoms with van der Waals surface area (Å²) >= 11 is 0. The summed E-state index contributed by atoms with van der Waals surface area (Å²) in [7, 11) is 0. The number of halogens is 1. The highest BCUT2D eigenvalue weighted by atomic mass is 127. The van der Waals surface area contributed by atoms with Crippen LogP contribution in [0.25, 0.3) is 0 Å². The Kier molecular flexibility index (Phi) is 11.1. The van der Waals surface area contributed by atoms with Gasteiger partial charge in [-0.25, -0.2) is 0 Å². The predicted octanol–water partition coefficient (Wildman–Crippen LogP) is 3.77. The molecule has 28 heavy (non-hydrogen) atoms. The van der Waals surface area contributed by atoms with Crippen molar-refractivity contribution in [3.05, 3.63) is 48.0 Å². The van der Waals surface area contributed by atoms with E-state index in [1.165, 1.54) is 11.1 Å². The topological polar surface area (TPSA) is 67.1 Å². The van der Waals surface area contributed by atoms with Crippen molar-refractivity contribution >= 4 is 29.9 Å². The third-order valence-corrected chi connectivity index (χ3v) is 4.43. The molecule has 0 unspecified atom stereocenters. The summed E-state index contributed by atoms with van der Waals surface area (Å²) in [5, 5.41) is 14.4. The van der Waals surface area contributed by atoms with Crippen LogP contribution < -0.4 is 10.6 Å². The van der Waals surface area contributed by atoms with Crippen LogP contribution in [0.3, 0.4) is 0 Å². The SMILES string of the molecule is CCNC(=NCCCCn1cnnc1)NCCc1ccc(C(C)(C)C)cc1.I. The quantitative estimate of drug-likeness (QED) is 0.239. The molecule has 1 aromatic heterocycles. The first kappa shape index (κ1) is 24.4. The molecule has 2 rings (SSSR count). The number of nitrogens with zero attached hydrogens (tertiary/aromatic N) is 4. The highest BCUT2D eigenvalue weighted by molar-refractivity contribution is 14.0. The minimum absolute atomic E-state index is 0. The van der Waals surface area contributed by atoms with Gasteiger partial charge in [0.2, 0.25) is 0 Å². The zero-order chi connectivity index (χ0) is 19.5. The van der Waals surface area contributed by atoms with Crippen molar-refractivity contribution in [1.29, 1.82) is 0 Å². The van der Waals surface area contributed by atoms with E-state index >= 15 is 0 Å². The van der Waals surface area contributed by atoms with Gasteiger partial charge in [0.1, 0.15) is 12.7 Å². The highest BCUT2D eigenvalue weighted by Crippen LogP contribution is 2.22. The van der Waals surface area contributed by atoms with Crippen molar-refractivity contribution in [2.24, 2.45) is 4.99 Å². The molecule has 0 aliphatic rings. The second-order valence-corrected chi connectivity index (χ2v) is 7.79. The molecule has 6 nitrogen and oxygen atoms in total. The van der Waals surface area contributed by atoms with Crippen molar-refractivity contribution in [2.75, 3.05) is 19.6 Å². The molecule has 0 radical (unpaired) electrons. The fourth-order valence-electron chi connectivity index (χ4n) is 2.77. The maximum atomic E-state index is 4.66. The smallest absolute Gasteiger partial charge is 0.191 e. The van der Waals surface area contributed by atoms with Crippen LogP contribution in [0.15, 0.2) is 41.9 Å². The Balaban J connectivity index is 0.00000392. The van der Waals surface area contributed by atoms with Gasteiger partial charge in [-0.05, 0) is 42.7 Å². The lowest BCUT2D eigenvalue weighted by atomic mass is 9.86. The molecule has 156 valence electrons. The molecule has 0 atom stereocenters. The Bertz CT molecular complexity index is 674. The van der Waals surface area contributed by atoms with Crippen molar-refractivity contribution in [2.45, 2.75) is 58.9 Å². The fraction of sp³-hybridized carbons (Fsp3) is 0.571. The van der Waals surface area contributed by atoms with Gasteiger partial charge in [-0.15, -0.1) is 34.2 Å². The standard InChI is InChI=1S/C21H34N6.HI/c1-5-22-20(23-13-6-7-15-27-16-25-26-17-27)24-14-12-18-8-10-19(11-9-18)21(2,3)4;/h8-11,16-17H,5-7,12-15H2,1-4H3,(H2,22,23,24);1H. The van der Waals surface area contributed by atoms with E-state index in [1.54, 1.807) is 12.7 Å². The Morgan fingerprint density at radius 1 is 1.04 bits per heavy atom. The number of hydrogen-bond acceptors (Lipinski definition) is 3. The molecular formula is C21H35IN6. The van der Waals surface area contributed by atoms with Crippen LogP contribution >= 0.6 is 24.0 Å². The van der Waals surface area contributed by atoms with Crippen LogP contribution in [0, 0.1) is 0 Å². The van der Waals surface area contributed by atoms with Crippen molar-refractivity contribution in [1.82, 2.24) is 25.4 Å². The van der Waals surface area contributed by atoms with Gasteiger partial charge in [0.05, 0.1) is 0 Å². The van der Waals surface area contributed by atoms with Crippen molar-refractivity contribution in [3.8, 4) is 0 Å². The first-order chi connectivity index (χ1) is 13.0. The highest BCUT2D eigenvalue weighted by Gasteiger charge is 2.12. The summed E-state index contributed by atoms with van der Waals surface area (Å²) in [4.78, 5) is 4.66. The second-order valence-electron chi connectivity index (χ2n) is 7.79. The normalized spacial score (nSPS) is 11.8. The largest absolute Gasteiger partial charge is 0.357 e. The van der Waals surface area contributed by atoms with Crippen LogP contribution in [0.1, 0.15) is 51.7 Å². The number of unbranched alkanes of at least 4 members (excludes halogenated alkanes) is 1. The van der Waals surface area contributed by atoms with Gasteiger partial charge in [-0.3, -0.25) is 4.99 Å². The van der Waals surface area contributed by atoms with E-state index in [-0.39, 0.29) is 29.4 Å². The predicted molar refractivity (Wildman–Crippen MR) is 127 cm³/mol. The molecule has 2 aromatic rings. The molecule has 0 aliphatic carbocycles. The number of aliphatic imine (C=N–C) groups is 1. The molecule has 0 fully saturated rings.